The van der Waals surface area contributed by atoms with Crippen LogP contribution in [0.4, 0.5) is 0 Å². The Morgan fingerprint density at radius 2 is 1.85 bits per heavy atom. The van der Waals surface area contributed by atoms with Crippen LogP contribution in [0.3, 0.4) is 0 Å². The molecule has 68 valence electrons. The van der Waals surface area contributed by atoms with Crippen molar-refractivity contribution in [3.63, 3.8) is 0 Å². The van der Waals surface area contributed by atoms with Crippen LogP contribution in [0.1, 0.15) is 21.5 Å². The van der Waals surface area contributed by atoms with Crippen LogP contribution in [0.15, 0.2) is 18.2 Å². The monoisotopic (exact) mass is 176 g/mol. The van der Waals surface area contributed by atoms with Crippen LogP contribution in [0, 0.1) is 19.3 Å². The second kappa shape index (κ2) is 3.85. The molecule has 0 aliphatic carbocycles. The van der Waals surface area contributed by atoms with Crippen molar-refractivity contribution < 1.29 is 4.79 Å². The number of amides is 1. The number of aryl methyl sites for hydroxylation is 2. The van der Waals surface area contributed by atoms with E-state index in [1.807, 2.05) is 19.9 Å². The smallest absolute Gasteiger partial charge is 0.256 e. The molecule has 0 aliphatic rings. The molecule has 1 rings (SSSR count). The summed E-state index contributed by atoms with van der Waals surface area (Å²) in [4.78, 5) is 11.3. The summed E-state index contributed by atoms with van der Waals surface area (Å²) in [5, 5.41) is 9.05. The van der Waals surface area contributed by atoms with E-state index >= 15 is 0 Å². The molecule has 0 saturated carbocycles. The molecule has 0 aliphatic heterocycles. The van der Waals surface area contributed by atoms with Crippen molar-refractivity contribution in [3.8, 4) is 0 Å². The minimum Gasteiger partial charge on any atom is -0.313 e. The maximum absolute atomic E-state index is 11.3. The SMILES string of the molecule is Cc1cc(C)cc(C(=O)NC=N)c1. The van der Waals surface area contributed by atoms with Gasteiger partial charge in [-0.3, -0.25) is 10.2 Å². The number of hydrogen-bond donors (Lipinski definition) is 2. The van der Waals surface area contributed by atoms with Gasteiger partial charge in [-0.15, -0.1) is 0 Å². The molecule has 1 amide bonds. The van der Waals surface area contributed by atoms with Crippen LogP contribution in [0.25, 0.3) is 0 Å². The van der Waals surface area contributed by atoms with E-state index in [0.717, 1.165) is 17.5 Å². The predicted molar refractivity (Wildman–Crippen MR) is 52.2 cm³/mol. The summed E-state index contributed by atoms with van der Waals surface area (Å²) in [6.07, 6.45) is 0.889. The van der Waals surface area contributed by atoms with Crippen molar-refractivity contribution >= 4 is 12.2 Å². The van der Waals surface area contributed by atoms with E-state index in [1.165, 1.54) is 0 Å². The molecule has 0 aromatic heterocycles. The molecule has 13 heavy (non-hydrogen) atoms. The summed E-state index contributed by atoms with van der Waals surface area (Å²) in [7, 11) is 0. The van der Waals surface area contributed by atoms with E-state index in [4.69, 9.17) is 5.41 Å². The average Bonchev–Trinajstić information content (AvgIpc) is 2.03. The summed E-state index contributed by atoms with van der Waals surface area (Å²) in [6, 6.07) is 5.60. The van der Waals surface area contributed by atoms with Gasteiger partial charge in [-0.25, -0.2) is 0 Å². The summed E-state index contributed by atoms with van der Waals surface area (Å²) in [6.45, 7) is 3.88. The maximum atomic E-state index is 11.3. The van der Waals surface area contributed by atoms with E-state index in [-0.39, 0.29) is 5.91 Å². The van der Waals surface area contributed by atoms with Gasteiger partial charge in [0.05, 0.1) is 6.34 Å². The lowest BCUT2D eigenvalue weighted by Crippen LogP contribution is -2.20. The second-order valence-corrected chi connectivity index (χ2v) is 2.99. The molecule has 0 radical (unpaired) electrons. The number of carbonyl (C=O) groups is 1. The number of hydrogen-bond acceptors (Lipinski definition) is 2. The van der Waals surface area contributed by atoms with Gasteiger partial charge in [-0.05, 0) is 26.0 Å². The first-order chi connectivity index (χ1) is 6.13. The first-order valence-corrected chi connectivity index (χ1v) is 4.01. The fourth-order valence-electron chi connectivity index (χ4n) is 1.25. The van der Waals surface area contributed by atoms with Gasteiger partial charge in [0.15, 0.2) is 0 Å². The van der Waals surface area contributed by atoms with Crippen LogP contribution in [-0.2, 0) is 0 Å². The molecule has 0 heterocycles. The number of benzene rings is 1. The Balaban J connectivity index is 3.00. The van der Waals surface area contributed by atoms with Gasteiger partial charge >= 0.3 is 0 Å². The number of rotatable bonds is 2. The molecular weight excluding hydrogens is 164 g/mol. The zero-order valence-electron chi connectivity index (χ0n) is 7.72. The molecule has 1 aromatic carbocycles. The zero-order chi connectivity index (χ0) is 9.84. The third-order valence-electron chi connectivity index (χ3n) is 1.69. The molecule has 0 fully saturated rings. The highest BCUT2D eigenvalue weighted by molar-refractivity contribution is 6.00. The molecule has 0 spiro atoms. The van der Waals surface area contributed by atoms with Crippen molar-refractivity contribution in [1.29, 1.82) is 5.41 Å². The average molecular weight is 176 g/mol. The van der Waals surface area contributed by atoms with E-state index in [1.54, 1.807) is 12.1 Å². The minimum absolute atomic E-state index is 0.234. The van der Waals surface area contributed by atoms with Crippen LogP contribution in [-0.4, -0.2) is 12.2 Å². The van der Waals surface area contributed by atoms with Crippen molar-refractivity contribution in [1.82, 2.24) is 5.32 Å². The lowest BCUT2D eigenvalue weighted by molar-refractivity contribution is 0.0978. The first-order valence-electron chi connectivity index (χ1n) is 4.01. The third-order valence-corrected chi connectivity index (χ3v) is 1.69. The van der Waals surface area contributed by atoms with Crippen molar-refractivity contribution in [2.75, 3.05) is 0 Å². The Kier molecular flexibility index (Phi) is 2.80. The van der Waals surface area contributed by atoms with Crippen LogP contribution < -0.4 is 5.32 Å². The predicted octanol–water partition coefficient (Wildman–Crippen LogP) is 1.64. The second-order valence-electron chi connectivity index (χ2n) is 2.99. The third kappa shape index (κ3) is 2.40. The summed E-state index contributed by atoms with van der Waals surface area (Å²) in [5.74, 6) is -0.234. The van der Waals surface area contributed by atoms with Crippen molar-refractivity contribution in [3.05, 3.63) is 34.9 Å². The zero-order valence-corrected chi connectivity index (χ0v) is 7.72. The Morgan fingerprint density at radius 3 is 2.31 bits per heavy atom. The van der Waals surface area contributed by atoms with E-state index in [9.17, 15) is 4.79 Å². The quantitative estimate of drug-likeness (QED) is 0.522. The fraction of sp³-hybridized carbons (Fsp3) is 0.200. The Hall–Kier alpha value is -1.64. The molecule has 0 saturated heterocycles. The molecule has 2 N–H and O–H groups in total. The minimum atomic E-state index is -0.234. The van der Waals surface area contributed by atoms with Crippen molar-refractivity contribution in [2.45, 2.75) is 13.8 Å². The topological polar surface area (TPSA) is 53.0 Å². The van der Waals surface area contributed by atoms with Crippen molar-refractivity contribution in [2.24, 2.45) is 0 Å². The standard InChI is InChI=1S/C10H12N2O/c1-7-3-8(2)5-9(4-7)10(13)12-6-11/h3-6H,1-2H3,(H2,11,12,13). The normalized spacial score (nSPS) is 9.38. The summed E-state index contributed by atoms with van der Waals surface area (Å²) >= 11 is 0. The van der Waals surface area contributed by atoms with Gasteiger partial charge in [-0.1, -0.05) is 17.2 Å². The van der Waals surface area contributed by atoms with Gasteiger partial charge in [-0.2, -0.15) is 0 Å². The largest absolute Gasteiger partial charge is 0.313 e. The highest BCUT2D eigenvalue weighted by Crippen LogP contribution is 2.08. The highest BCUT2D eigenvalue weighted by atomic mass is 16.1. The molecule has 1 aromatic rings. The lowest BCUT2D eigenvalue weighted by atomic mass is 10.1. The van der Waals surface area contributed by atoms with Crippen LogP contribution in [0.2, 0.25) is 0 Å². The van der Waals surface area contributed by atoms with Gasteiger partial charge in [0.25, 0.3) is 5.91 Å². The summed E-state index contributed by atoms with van der Waals surface area (Å²) < 4.78 is 0. The molecule has 3 nitrogen and oxygen atoms in total. The van der Waals surface area contributed by atoms with Gasteiger partial charge in [0.1, 0.15) is 0 Å². The van der Waals surface area contributed by atoms with Gasteiger partial charge in [0.2, 0.25) is 0 Å². The van der Waals surface area contributed by atoms with E-state index in [2.05, 4.69) is 5.32 Å². The van der Waals surface area contributed by atoms with E-state index in [0.29, 0.717) is 5.56 Å². The maximum Gasteiger partial charge on any atom is 0.256 e. The van der Waals surface area contributed by atoms with Gasteiger partial charge in [0, 0.05) is 5.56 Å². The van der Waals surface area contributed by atoms with Gasteiger partial charge < -0.3 is 5.32 Å². The number of nitrogens with one attached hydrogen (secondary N) is 2. The Morgan fingerprint density at radius 1 is 1.31 bits per heavy atom. The van der Waals surface area contributed by atoms with E-state index < -0.39 is 0 Å². The summed E-state index contributed by atoms with van der Waals surface area (Å²) in [5.41, 5.74) is 2.70. The lowest BCUT2D eigenvalue weighted by Gasteiger charge is -2.02. The molecule has 0 unspecified atom stereocenters. The van der Waals surface area contributed by atoms with Crippen LogP contribution >= 0.6 is 0 Å². The molecule has 0 bridgehead atoms. The fourth-order valence-corrected chi connectivity index (χ4v) is 1.25. The Bertz CT molecular complexity index is 325. The molecular formula is C10H12N2O. The molecule has 3 heteroatoms. The highest BCUT2D eigenvalue weighted by Gasteiger charge is 2.03. The Labute approximate surface area is 77.3 Å². The first kappa shape index (κ1) is 9.45. The molecule has 0 atom stereocenters. The number of carbonyl (C=O) groups excluding carboxylic acids is 1. The van der Waals surface area contributed by atoms with Crippen LogP contribution in [0.5, 0.6) is 0 Å².